The summed E-state index contributed by atoms with van der Waals surface area (Å²) >= 11 is 0. The molecule has 14 heteroatoms. The van der Waals surface area contributed by atoms with E-state index in [0.29, 0.717) is 40.5 Å². The Kier molecular flexibility index (Phi) is 5.83. The van der Waals surface area contributed by atoms with Gasteiger partial charge in [0.25, 0.3) is 5.56 Å². The van der Waals surface area contributed by atoms with Crippen LogP contribution < -0.4 is 20.8 Å². The maximum atomic E-state index is 13.3. The number of ether oxygens (including phenoxy) is 3. The number of aromatic nitrogens is 2. The molecule has 3 aliphatic heterocycles. The van der Waals surface area contributed by atoms with E-state index in [2.05, 4.69) is 0 Å². The average Bonchev–Trinajstić information content (AvgIpc) is 3.48. The SMILES string of the molecule is CCC1(O)C(=O)OCc2c1cc1n(c2=O)Cc2c-1nc1cc3c(cc1c2CN)OCO3.O=C(O)C(F)(F)F. The first-order chi connectivity index (χ1) is 17.9. The van der Waals surface area contributed by atoms with Crippen molar-refractivity contribution in [3.8, 4) is 22.9 Å². The number of aliphatic hydroxyl groups is 1. The van der Waals surface area contributed by atoms with Crippen LogP contribution in [-0.2, 0) is 39.6 Å². The van der Waals surface area contributed by atoms with E-state index >= 15 is 0 Å². The molecule has 1 atom stereocenters. The summed E-state index contributed by atoms with van der Waals surface area (Å²) in [6.45, 7) is 2.23. The number of fused-ring (bicyclic) bond motifs is 6. The van der Waals surface area contributed by atoms with Gasteiger partial charge in [0.05, 0.1) is 29.0 Å². The molecule has 3 aromatic rings. The van der Waals surface area contributed by atoms with E-state index in [-0.39, 0.29) is 37.5 Å². The van der Waals surface area contributed by atoms with Crippen LogP contribution in [0, 0.1) is 0 Å². The molecular formula is C24H20F3N3O8. The van der Waals surface area contributed by atoms with Gasteiger partial charge in [-0.3, -0.25) is 4.79 Å². The lowest BCUT2D eigenvalue weighted by atomic mass is 9.86. The van der Waals surface area contributed by atoms with Crippen LogP contribution in [0.25, 0.3) is 22.3 Å². The predicted molar refractivity (Wildman–Crippen MR) is 122 cm³/mol. The molecule has 4 N–H and O–H groups in total. The number of carboxylic acids is 1. The number of nitrogens with zero attached hydrogens (tertiary/aromatic N) is 2. The Morgan fingerprint density at radius 3 is 2.42 bits per heavy atom. The van der Waals surface area contributed by atoms with Gasteiger partial charge in [-0.2, -0.15) is 13.2 Å². The monoisotopic (exact) mass is 535 g/mol. The number of carbonyl (C=O) groups excluding carboxylic acids is 1. The van der Waals surface area contributed by atoms with E-state index in [0.717, 1.165) is 16.5 Å². The molecule has 3 aliphatic rings. The quantitative estimate of drug-likeness (QED) is 0.323. The number of benzene rings is 1. The Balaban J connectivity index is 0.000000374. The normalized spacial score (nSPS) is 18.7. The summed E-state index contributed by atoms with van der Waals surface area (Å²) in [7, 11) is 0. The van der Waals surface area contributed by atoms with Crippen LogP contribution in [0.4, 0.5) is 13.2 Å². The number of esters is 1. The third-order valence-corrected chi connectivity index (χ3v) is 6.75. The number of aliphatic carboxylic acids is 1. The maximum Gasteiger partial charge on any atom is 0.490 e. The van der Waals surface area contributed by atoms with Crippen molar-refractivity contribution in [3.63, 3.8) is 0 Å². The first kappa shape index (κ1) is 25.5. The molecule has 5 heterocycles. The van der Waals surface area contributed by atoms with Gasteiger partial charge in [0.1, 0.15) is 6.61 Å². The van der Waals surface area contributed by atoms with Gasteiger partial charge in [-0.15, -0.1) is 0 Å². The number of hydrogen-bond acceptors (Lipinski definition) is 9. The number of carboxylic acid groups (broad SMARTS) is 1. The number of nitrogens with two attached hydrogens (primary N) is 1. The molecular weight excluding hydrogens is 515 g/mol. The lowest BCUT2D eigenvalue weighted by Gasteiger charge is -2.31. The molecule has 0 spiro atoms. The standard InChI is InChI=1S/C22H19N3O6.C2HF3O2/c1-2-22(28)14-4-16-19-12(7-25(16)20(26)13(14)8-29-21(22)27)11(6-23)10-3-17-18(31-9-30-17)5-15(10)24-19;3-2(4,5)1(6)7/h3-5,28H,2,6-9,23H2,1H3;(H,6,7). The molecule has 38 heavy (non-hydrogen) atoms. The summed E-state index contributed by atoms with van der Waals surface area (Å²) in [4.78, 5) is 39.3. The third kappa shape index (κ3) is 3.75. The van der Waals surface area contributed by atoms with Crippen molar-refractivity contribution in [1.82, 2.24) is 9.55 Å². The lowest BCUT2D eigenvalue weighted by Crippen LogP contribution is -2.44. The first-order valence-corrected chi connectivity index (χ1v) is 11.3. The van der Waals surface area contributed by atoms with Crippen molar-refractivity contribution < 1.29 is 47.2 Å². The minimum Gasteiger partial charge on any atom is -0.475 e. The zero-order valence-electron chi connectivity index (χ0n) is 19.7. The van der Waals surface area contributed by atoms with Crippen molar-refractivity contribution in [3.05, 3.63) is 50.8 Å². The number of rotatable bonds is 2. The Morgan fingerprint density at radius 2 is 1.82 bits per heavy atom. The molecule has 1 unspecified atom stereocenters. The highest BCUT2D eigenvalue weighted by atomic mass is 19.4. The second-order valence-electron chi connectivity index (χ2n) is 8.75. The Hall–Kier alpha value is -4.17. The molecule has 0 saturated heterocycles. The van der Waals surface area contributed by atoms with Gasteiger partial charge in [-0.25, -0.2) is 14.6 Å². The summed E-state index contributed by atoms with van der Waals surface area (Å²) in [6.07, 6.45) is -4.99. The number of halogens is 3. The molecule has 200 valence electrons. The second kappa shape index (κ2) is 8.70. The largest absolute Gasteiger partial charge is 0.490 e. The van der Waals surface area contributed by atoms with Crippen molar-refractivity contribution in [2.45, 2.75) is 44.8 Å². The number of pyridine rings is 2. The van der Waals surface area contributed by atoms with Crippen molar-refractivity contribution in [1.29, 1.82) is 0 Å². The van der Waals surface area contributed by atoms with Crippen LogP contribution in [0.15, 0.2) is 23.0 Å². The van der Waals surface area contributed by atoms with Crippen LogP contribution in [0.3, 0.4) is 0 Å². The minimum atomic E-state index is -5.08. The van der Waals surface area contributed by atoms with E-state index < -0.39 is 23.7 Å². The van der Waals surface area contributed by atoms with Gasteiger partial charge in [0.2, 0.25) is 6.79 Å². The lowest BCUT2D eigenvalue weighted by molar-refractivity contribution is -0.192. The zero-order chi connectivity index (χ0) is 27.6. The molecule has 6 rings (SSSR count). The van der Waals surface area contributed by atoms with Crippen LogP contribution >= 0.6 is 0 Å². The fourth-order valence-corrected chi connectivity index (χ4v) is 4.79. The van der Waals surface area contributed by atoms with E-state index in [1.165, 1.54) is 0 Å². The van der Waals surface area contributed by atoms with Gasteiger partial charge in [0, 0.05) is 29.1 Å². The summed E-state index contributed by atoms with van der Waals surface area (Å²) in [5, 5.41) is 19.0. The van der Waals surface area contributed by atoms with Crippen LogP contribution in [0.5, 0.6) is 11.5 Å². The predicted octanol–water partition coefficient (Wildman–Crippen LogP) is 1.90. The fraction of sp³-hybridized carbons (Fsp3) is 0.333. The zero-order valence-corrected chi connectivity index (χ0v) is 19.7. The average molecular weight is 535 g/mol. The first-order valence-electron chi connectivity index (χ1n) is 11.3. The summed E-state index contributed by atoms with van der Waals surface area (Å²) in [5.41, 5.74) is 8.10. The van der Waals surface area contributed by atoms with Gasteiger partial charge in [-0.05, 0) is 24.1 Å². The highest BCUT2D eigenvalue weighted by Crippen LogP contribution is 2.42. The van der Waals surface area contributed by atoms with Gasteiger partial charge < -0.3 is 34.7 Å². The molecule has 0 bridgehead atoms. The Labute approximate surface area is 211 Å². The minimum absolute atomic E-state index is 0.0945. The van der Waals surface area contributed by atoms with Crippen molar-refractivity contribution >= 4 is 22.8 Å². The molecule has 2 aromatic heterocycles. The van der Waals surface area contributed by atoms with E-state index in [1.54, 1.807) is 23.6 Å². The molecule has 1 aromatic carbocycles. The smallest absolute Gasteiger partial charge is 0.475 e. The van der Waals surface area contributed by atoms with Crippen LogP contribution in [0.1, 0.15) is 35.6 Å². The number of alkyl halides is 3. The second-order valence-corrected chi connectivity index (χ2v) is 8.75. The molecule has 11 nitrogen and oxygen atoms in total. The van der Waals surface area contributed by atoms with E-state index in [1.807, 2.05) is 6.07 Å². The van der Waals surface area contributed by atoms with Crippen molar-refractivity contribution in [2.75, 3.05) is 6.79 Å². The van der Waals surface area contributed by atoms with Gasteiger partial charge >= 0.3 is 18.1 Å². The van der Waals surface area contributed by atoms with Crippen molar-refractivity contribution in [2.24, 2.45) is 5.73 Å². The highest BCUT2D eigenvalue weighted by Gasteiger charge is 2.45. The maximum absolute atomic E-state index is 13.3. The van der Waals surface area contributed by atoms with Gasteiger partial charge in [0.15, 0.2) is 17.1 Å². The summed E-state index contributed by atoms with van der Waals surface area (Å²) < 4.78 is 49.4. The number of cyclic esters (lactones) is 1. The molecule has 0 fully saturated rings. The molecule has 0 amide bonds. The van der Waals surface area contributed by atoms with E-state index in [9.17, 15) is 27.9 Å². The topological polar surface area (TPSA) is 163 Å². The number of carbonyl (C=O) groups is 2. The van der Waals surface area contributed by atoms with E-state index in [4.69, 9.17) is 34.8 Å². The van der Waals surface area contributed by atoms with Gasteiger partial charge in [-0.1, -0.05) is 6.92 Å². The van der Waals surface area contributed by atoms with Crippen LogP contribution in [-0.4, -0.2) is 44.7 Å². The molecule has 0 saturated carbocycles. The molecule has 0 aliphatic carbocycles. The highest BCUT2D eigenvalue weighted by molar-refractivity contribution is 5.91. The fourth-order valence-electron chi connectivity index (χ4n) is 4.79. The third-order valence-electron chi connectivity index (χ3n) is 6.75. The summed E-state index contributed by atoms with van der Waals surface area (Å²) in [6, 6.07) is 5.36. The van der Waals surface area contributed by atoms with Crippen LogP contribution in [0.2, 0.25) is 0 Å². The Bertz CT molecular complexity index is 1580. The Morgan fingerprint density at radius 1 is 1.16 bits per heavy atom. The summed E-state index contributed by atoms with van der Waals surface area (Å²) in [5.74, 6) is -2.26. The molecule has 0 radical (unpaired) electrons. The number of hydrogen-bond donors (Lipinski definition) is 3.